The van der Waals surface area contributed by atoms with Gasteiger partial charge in [0.25, 0.3) is 0 Å². The molecule has 0 aromatic rings. The van der Waals surface area contributed by atoms with Crippen molar-refractivity contribution < 1.29 is 58.2 Å². The maximum Gasteiger partial charge on any atom is 0.328 e. The monoisotopic (exact) mass is 705 g/mol. The van der Waals surface area contributed by atoms with Crippen LogP contribution in [-0.2, 0) is 42.9 Å². The van der Waals surface area contributed by atoms with Gasteiger partial charge in [0.1, 0.15) is 42.5 Å². The van der Waals surface area contributed by atoms with E-state index < -0.39 is 78.6 Å². The number of aliphatic hydroxyl groups is 3. The summed E-state index contributed by atoms with van der Waals surface area (Å²) in [4.78, 5) is 62.2. The molecule has 0 bridgehead atoms. The van der Waals surface area contributed by atoms with Gasteiger partial charge in [-0.25, -0.2) is 4.79 Å². The van der Waals surface area contributed by atoms with Crippen molar-refractivity contribution in [2.24, 2.45) is 23.5 Å². The van der Waals surface area contributed by atoms with E-state index in [1.54, 1.807) is 27.7 Å². The van der Waals surface area contributed by atoms with Gasteiger partial charge in [-0.2, -0.15) is 0 Å². The number of ether oxygens (including phenoxy) is 4. The molecule has 4 amide bonds. The lowest BCUT2D eigenvalue weighted by Gasteiger charge is -2.40. The van der Waals surface area contributed by atoms with Crippen molar-refractivity contribution >= 4 is 29.6 Å². The van der Waals surface area contributed by atoms with Gasteiger partial charge in [-0.1, -0.05) is 41.5 Å². The second-order valence-corrected chi connectivity index (χ2v) is 13.4. The first-order valence-corrected chi connectivity index (χ1v) is 16.8. The molecule has 0 radical (unpaired) electrons. The largest absolute Gasteiger partial charge is 0.467 e. The quantitative estimate of drug-likeness (QED) is 0.0478. The molecule has 0 unspecified atom stereocenters. The molecule has 0 aliphatic carbocycles. The fraction of sp³-hybridized carbons (Fsp3) is 0.844. The Balaban J connectivity index is 2.57. The molecular formula is C32H59N5O12. The second-order valence-electron chi connectivity index (χ2n) is 13.4. The lowest BCUT2D eigenvalue weighted by Crippen LogP contribution is -2.59. The first kappa shape index (κ1) is 44.1. The SMILES string of the molecule is COC(=O)[C@H](CC(C)C)NC(=O)[C@@H](NC(=O)CCOC[C@H]1O[C@@H](OCCCNC(=O)[C@@H](NC(=O)[C@H](C)N)C(C)C)[C@H](O)[C@@H](O)[C@@H]1O)C(C)C. The van der Waals surface area contributed by atoms with Crippen LogP contribution in [0.25, 0.3) is 0 Å². The standard InChI is InChI=1S/C32H59N5O12/c1-16(2)14-20(31(45)46-8)35-30(44)24(18(5)6)36-22(38)10-13-47-15-21-25(39)26(40)27(41)32(49-21)48-12-9-11-34-29(43)23(17(3)4)37-28(42)19(7)33/h16-21,23-27,32,39-41H,9-15,33H2,1-8H3,(H,34,43)(H,35,44)(H,36,38)(H,37,42)/t19-,20-,21+,23-,24-,25+,26-,27+,32+/m0/s1. The van der Waals surface area contributed by atoms with E-state index in [4.69, 9.17) is 24.7 Å². The highest BCUT2D eigenvalue weighted by Crippen LogP contribution is 2.22. The lowest BCUT2D eigenvalue weighted by molar-refractivity contribution is -0.302. The zero-order chi connectivity index (χ0) is 37.4. The molecule has 9 N–H and O–H groups in total. The van der Waals surface area contributed by atoms with E-state index in [-0.39, 0.29) is 56.4 Å². The molecule has 1 saturated heterocycles. The van der Waals surface area contributed by atoms with E-state index in [1.807, 2.05) is 13.8 Å². The van der Waals surface area contributed by atoms with Gasteiger partial charge < -0.3 is 61.3 Å². The zero-order valence-corrected chi connectivity index (χ0v) is 30.0. The fourth-order valence-corrected chi connectivity index (χ4v) is 4.84. The molecule has 0 saturated carbocycles. The molecule has 9 atom stereocenters. The van der Waals surface area contributed by atoms with Crippen molar-refractivity contribution in [3.05, 3.63) is 0 Å². The number of methoxy groups -OCH3 is 1. The summed E-state index contributed by atoms with van der Waals surface area (Å²) >= 11 is 0. The number of nitrogens with two attached hydrogens (primary N) is 1. The lowest BCUT2D eigenvalue weighted by atomic mass is 9.99. The molecule has 0 aromatic heterocycles. The van der Waals surface area contributed by atoms with Crippen molar-refractivity contribution in [3.63, 3.8) is 0 Å². The van der Waals surface area contributed by atoms with Crippen LogP contribution in [0.15, 0.2) is 0 Å². The van der Waals surface area contributed by atoms with Gasteiger partial charge in [0.15, 0.2) is 6.29 Å². The molecule has 49 heavy (non-hydrogen) atoms. The summed E-state index contributed by atoms with van der Waals surface area (Å²) < 4.78 is 21.5. The summed E-state index contributed by atoms with van der Waals surface area (Å²) in [6, 6.07) is -3.32. The minimum Gasteiger partial charge on any atom is -0.467 e. The number of amides is 4. The fourth-order valence-electron chi connectivity index (χ4n) is 4.84. The topological polar surface area (TPSA) is 257 Å². The number of nitrogens with one attached hydrogen (secondary N) is 4. The number of rotatable bonds is 21. The van der Waals surface area contributed by atoms with Crippen LogP contribution in [0.5, 0.6) is 0 Å². The van der Waals surface area contributed by atoms with E-state index >= 15 is 0 Å². The molecular weight excluding hydrogens is 646 g/mol. The Kier molecular flexibility index (Phi) is 19.8. The third kappa shape index (κ3) is 15.2. The maximum atomic E-state index is 12.9. The van der Waals surface area contributed by atoms with E-state index in [2.05, 4.69) is 21.3 Å². The predicted molar refractivity (Wildman–Crippen MR) is 176 cm³/mol. The van der Waals surface area contributed by atoms with Crippen molar-refractivity contribution in [3.8, 4) is 0 Å². The Labute approximate surface area is 288 Å². The molecule has 284 valence electrons. The second kappa shape index (κ2) is 22.0. The van der Waals surface area contributed by atoms with E-state index in [0.717, 1.165) is 0 Å². The van der Waals surface area contributed by atoms with E-state index in [9.17, 15) is 39.3 Å². The molecule has 1 aliphatic rings. The average molecular weight is 706 g/mol. The third-order valence-corrected chi connectivity index (χ3v) is 7.76. The van der Waals surface area contributed by atoms with Crippen LogP contribution in [0, 0.1) is 17.8 Å². The molecule has 1 heterocycles. The van der Waals surface area contributed by atoms with Gasteiger partial charge in [-0.05, 0) is 37.5 Å². The third-order valence-electron chi connectivity index (χ3n) is 7.76. The normalized spacial score (nSPS) is 23.4. The molecule has 17 heteroatoms. The number of aliphatic hydroxyl groups excluding tert-OH is 3. The van der Waals surface area contributed by atoms with Crippen molar-refractivity contribution in [2.45, 2.75) is 123 Å². The number of hydrogen-bond acceptors (Lipinski definition) is 13. The van der Waals surface area contributed by atoms with Crippen LogP contribution in [0.4, 0.5) is 0 Å². The Morgan fingerprint density at radius 2 is 1.41 bits per heavy atom. The number of carbonyl (C=O) groups is 5. The van der Waals surface area contributed by atoms with Gasteiger partial charge in [0.2, 0.25) is 23.6 Å². The number of esters is 1. The Bertz CT molecular complexity index is 1060. The highest BCUT2D eigenvalue weighted by molar-refractivity contribution is 5.91. The first-order valence-electron chi connectivity index (χ1n) is 16.8. The van der Waals surface area contributed by atoms with Crippen LogP contribution in [-0.4, -0.2) is 133 Å². The zero-order valence-electron chi connectivity index (χ0n) is 30.0. The minimum absolute atomic E-state index is 0.0134. The van der Waals surface area contributed by atoms with Crippen LogP contribution in [0.2, 0.25) is 0 Å². The van der Waals surface area contributed by atoms with Crippen LogP contribution in [0.1, 0.15) is 67.7 Å². The highest BCUT2D eigenvalue weighted by atomic mass is 16.7. The summed E-state index contributed by atoms with van der Waals surface area (Å²) in [5.41, 5.74) is 5.57. The summed E-state index contributed by atoms with van der Waals surface area (Å²) in [6.45, 7) is 12.2. The number of carbonyl (C=O) groups excluding carboxylic acids is 5. The summed E-state index contributed by atoms with van der Waals surface area (Å²) in [5.74, 6) is -2.79. The smallest absolute Gasteiger partial charge is 0.328 e. The maximum absolute atomic E-state index is 12.9. The molecule has 1 rings (SSSR count). The van der Waals surface area contributed by atoms with Crippen molar-refractivity contribution in [1.29, 1.82) is 0 Å². The van der Waals surface area contributed by atoms with E-state index in [1.165, 1.54) is 14.0 Å². The molecule has 0 spiro atoms. The summed E-state index contributed by atoms with van der Waals surface area (Å²) in [7, 11) is 1.24. The molecule has 0 aromatic carbocycles. The van der Waals surface area contributed by atoms with Gasteiger partial charge in [-0.15, -0.1) is 0 Å². The first-order chi connectivity index (χ1) is 22.9. The van der Waals surface area contributed by atoms with Crippen LogP contribution < -0.4 is 27.0 Å². The minimum atomic E-state index is -1.61. The highest BCUT2D eigenvalue weighted by Gasteiger charge is 2.44. The Hall–Kier alpha value is -2.93. The molecule has 17 nitrogen and oxygen atoms in total. The van der Waals surface area contributed by atoms with Crippen LogP contribution in [0.3, 0.4) is 0 Å². The van der Waals surface area contributed by atoms with Gasteiger partial charge in [0, 0.05) is 13.0 Å². The van der Waals surface area contributed by atoms with Gasteiger partial charge in [-0.3, -0.25) is 19.2 Å². The van der Waals surface area contributed by atoms with Crippen LogP contribution >= 0.6 is 0 Å². The van der Waals surface area contributed by atoms with E-state index in [0.29, 0.717) is 12.8 Å². The van der Waals surface area contributed by atoms with Crippen molar-refractivity contribution in [1.82, 2.24) is 21.3 Å². The molecule has 1 aliphatic heterocycles. The van der Waals surface area contributed by atoms with Crippen molar-refractivity contribution in [2.75, 3.05) is 33.5 Å². The van der Waals surface area contributed by atoms with Gasteiger partial charge in [0.05, 0.1) is 33.0 Å². The Morgan fingerprint density at radius 1 is 0.796 bits per heavy atom. The average Bonchev–Trinajstić information content (AvgIpc) is 3.03. The van der Waals surface area contributed by atoms with Gasteiger partial charge >= 0.3 is 5.97 Å². The predicted octanol–water partition coefficient (Wildman–Crippen LogP) is -1.94. The Morgan fingerprint density at radius 3 is 1.96 bits per heavy atom. The number of hydrogen-bond donors (Lipinski definition) is 8. The summed E-state index contributed by atoms with van der Waals surface area (Å²) in [6.07, 6.45) is -6.57. The summed E-state index contributed by atoms with van der Waals surface area (Å²) in [5, 5.41) is 41.8. The molecule has 1 fully saturated rings.